The van der Waals surface area contributed by atoms with Crippen LogP contribution < -0.4 is 0 Å². The highest BCUT2D eigenvalue weighted by Gasteiger charge is 2.01. The lowest BCUT2D eigenvalue weighted by atomic mass is 10.4. The zero-order valence-electron chi connectivity index (χ0n) is 4.81. The zero-order chi connectivity index (χ0) is 7.28. The van der Waals surface area contributed by atoms with E-state index in [0.29, 0.717) is 0 Å². The number of hydrogen-bond donors (Lipinski definition) is 0. The summed E-state index contributed by atoms with van der Waals surface area (Å²) in [6.45, 7) is 0. The van der Waals surface area contributed by atoms with Crippen LogP contribution in [0.2, 0.25) is 0 Å². The molecule has 0 N–H and O–H groups in total. The smallest absolute Gasteiger partial charge is 0.229 e. The minimum absolute atomic E-state index is 0.0741. The summed E-state index contributed by atoms with van der Waals surface area (Å²) in [4.78, 5) is 19.8. The maximum absolute atomic E-state index is 10.1. The van der Waals surface area contributed by atoms with Gasteiger partial charge in [0.25, 0.3) is 0 Å². The number of rotatable bonds is 3. The summed E-state index contributed by atoms with van der Waals surface area (Å²) in [5, 5.41) is -0.629. The van der Waals surface area contributed by atoms with E-state index in [1.165, 1.54) is 13.1 Å². The van der Waals surface area contributed by atoms with Gasteiger partial charge in [0.2, 0.25) is 5.24 Å². The van der Waals surface area contributed by atoms with Gasteiger partial charge in [-0.15, -0.1) is 0 Å². The van der Waals surface area contributed by atoms with Gasteiger partial charge in [0.15, 0.2) is 11.7 Å². The van der Waals surface area contributed by atoms with E-state index in [1.807, 2.05) is 0 Å². The molecule has 9 heavy (non-hydrogen) atoms. The first-order valence-corrected chi connectivity index (χ1v) is 2.54. The first-order valence-electron chi connectivity index (χ1n) is 2.17. The molecule has 0 aliphatic rings. The predicted molar refractivity (Wildman–Crippen MR) is 31.7 cm³/mol. The van der Waals surface area contributed by atoms with Crippen molar-refractivity contribution in [2.75, 3.05) is 7.11 Å². The lowest BCUT2D eigenvalue weighted by Gasteiger charge is -1.93. The molecule has 0 atom stereocenters. The van der Waals surface area contributed by atoms with Crippen molar-refractivity contribution in [2.45, 2.75) is 6.42 Å². The summed E-state index contributed by atoms with van der Waals surface area (Å²) in [6.07, 6.45) is -0.193. The van der Waals surface area contributed by atoms with Gasteiger partial charge in [-0.1, -0.05) is 0 Å². The van der Waals surface area contributed by atoms with E-state index in [9.17, 15) is 9.59 Å². The van der Waals surface area contributed by atoms with Gasteiger partial charge in [-0.2, -0.15) is 0 Å². The highest BCUT2D eigenvalue weighted by atomic mass is 35.5. The fraction of sp³-hybridized carbons (Fsp3) is 0.400. The lowest BCUT2D eigenvalue weighted by Crippen LogP contribution is -1.93. The summed E-state index contributed by atoms with van der Waals surface area (Å²) in [6, 6.07) is 0. The average molecular weight is 149 g/mol. The molecule has 0 aromatic heterocycles. The third-order valence-electron chi connectivity index (χ3n) is 0.660. The Bertz CT molecular complexity index is 158. The van der Waals surface area contributed by atoms with Crippen molar-refractivity contribution in [3.8, 4) is 0 Å². The molecule has 0 amide bonds. The second-order valence-corrected chi connectivity index (χ2v) is 1.68. The van der Waals surface area contributed by atoms with Crippen molar-refractivity contribution in [1.82, 2.24) is 0 Å². The standard InChI is InChI=1S/C5H5ClO3/c1-9-4(3-7)2-5(6)8/h2H2,1H3. The molecule has 0 aliphatic heterocycles. The molecule has 0 rings (SSSR count). The van der Waals surface area contributed by atoms with Crippen LogP contribution in [0.15, 0.2) is 5.76 Å². The van der Waals surface area contributed by atoms with Gasteiger partial charge in [-0.3, -0.25) is 4.79 Å². The summed E-state index contributed by atoms with van der Waals surface area (Å²) >= 11 is 4.91. The lowest BCUT2D eigenvalue weighted by molar-refractivity contribution is -0.111. The molecule has 0 bridgehead atoms. The Kier molecular flexibility index (Phi) is 3.76. The van der Waals surface area contributed by atoms with Gasteiger partial charge in [-0.05, 0) is 11.6 Å². The highest BCUT2D eigenvalue weighted by Crippen LogP contribution is 1.99. The summed E-state index contributed by atoms with van der Waals surface area (Å²) < 4.78 is 4.40. The second-order valence-electron chi connectivity index (χ2n) is 1.26. The molecular formula is C5H5ClO3. The van der Waals surface area contributed by atoms with E-state index >= 15 is 0 Å². The van der Waals surface area contributed by atoms with Gasteiger partial charge in [-0.25, -0.2) is 4.79 Å². The Balaban J connectivity index is 3.87. The number of hydrogen-bond acceptors (Lipinski definition) is 3. The van der Waals surface area contributed by atoms with Crippen molar-refractivity contribution in [3.05, 3.63) is 5.76 Å². The van der Waals surface area contributed by atoms with E-state index in [-0.39, 0.29) is 12.2 Å². The van der Waals surface area contributed by atoms with Crippen molar-refractivity contribution >= 4 is 22.8 Å². The quantitative estimate of drug-likeness (QED) is 0.333. The summed E-state index contributed by atoms with van der Waals surface area (Å²) in [5.74, 6) is 1.35. The van der Waals surface area contributed by atoms with Crippen LogP contribution in [0.5, 0.6) is 0 Å². The normalized spacial score (nSPS) is 7.78. The number of carbonyl (C=O) groups is 1. The van der Waals surface area contributed by atoms with Crippen molar-refractivity contribution in [1.29, 1.82) is 0 Å². The molecule has 50 valence electrons. The Morgan fingerprint density at radius 1 is 1.78 bits per heavy atom. The van der Waals surface area contributed by atoms with Crippen LogP contribution in [0, 0.1) is 0 Å². The summed E-state index contributed by atoms with van der Waals surface area (Å²) in [7, 11) is 1.28. The van der Waals surface area contributed by atoms with Crippen LogP contribution in [-0.2, 0) is 14.3 Å². The molecule has 0 aromatic carbocycles. The molecule has 3 nitrogen and oxygen atoms in total. The van der Waals surface area contributed by atoms with Crippen molar-refractivity contribution in [2.24, 2.45) is 0 Å². The zero-order valence-corrected chi connectivity index (χ0v) is 5.57. The fourth-order valence-corrected chi connectivity index (χ4v) is 0.398. The molecule has 0 aromatic rings. The number of ether oxygens (including phenoxy) is 1. The monoisotopic (exact) mass is 148 g/mol. The number of allylic oxidation sites excluding steroid dienone is 1. The Labute approximate surface area is 57.2 Å². The maximum Gasteiger partial charge on any atom is 0.229 e. The Morgan fingerprint density at radius 3 is 2.44 bits per heavy atom. The molecule has 0 spiro atoms. The Morgan fingerprint density at radius 2 is 2.33 bits per heavy atom. The van der Waals surface area contributed by atoms with E-state index in [2.05, 4.69) is 4.74 Å². The Hall–Kier alpha value is -0.790. The molecule has 0 saturated heterocycles. The minimum Gasteiger partial charge on any atom is -0.489 e. The molecule has 0 unspecified atom stereocenters. The molecule has 0 radical (unpaired) electrons. The third-order valence-corrected chi connectivity index (χ3v) is 0.793. The number of halogens is 1. The summed E-state index contributed by atoms with van der Waals surface area (Å²) in [5.41, 5.74) is 0. The molecule has 0 fully saturated rings. The van der Waals surface area contributed by atoms with E-state index < -0.39 is 5.24 Å². The predicted octanol–water partition coefficient (Wildman–Crippen LogP) is 0.504. The van der Waals surface area contributed by atoms with Crippen LogP contribution >= 0.6 is 11.6 Å². The molecule has 0 aliphatic carbocycles. The van der Waals surface area contributed by atoms with E-state index in [4.69, 9.17) is 11.6 Å². The first-order chi connectivity index (χ1) is 4.20. The maximum atomic E-state index is 10.1. The van der Waals surface area contributed by atoms with Crippen LogP contribution in [0.25, 0.3) is 0 Å². The first kappa shape index (κ1) is 8.21. The van der Waals surface area contributed by atoms with Gasteiger partial charge in [0.1, 0.15) is 0 Å². The molecule has 0 saturated carbocycles. The molecule has 4 heteroatoms. The van der Waals surface area contributed by atoms with E-state index in [1.54, 1.807) is 0 Å². The van der Waals surface area contributed by atoms with E-state index in [0.717, 1.165) is 0 Å². The fourth-order valence-electron chi connectivity index (χ4n) is 0.276. The van der Waals surface area contributed by atoms with Gasteiger partial charge >= 0.3 is 0 Å². The number of carbonyl (C=O) groups excluding carboxylic acids is 2. The highest BCUT2D eigenvalue weighted by molar-refractivity contribution is 6.63. The number of methoxy groups -OCH3 is 1. The topological polar surface area (TPSA) is 43.4 Å². The molecule has 0 heterocycles. The second kappa shape index (κ2) is 4.13. The molecular weight excluding hydrogens is 144 g/mol. The van der Waals surface area contributed by atoms with Crippen LogP contribution in [0.1, 0.15) is 6.42 Å². The SMILES string of the molecule is COC(=C=O)CC(=O)Cl. The largest absolute Gasteiger partial charge is 0.489 e. The van der Waals surface area contributed by atoms with Crippen molar-refractivity contribution in [3.63, 3.8) is 0 Å². The van der Waals surface area contributed by atoms with Gasteiger partial charge in [0, 0.05) is 0 Å². The van der Waals surface area contributed by atoms with Gasteiger partial charge < -0.3 is 4.74 Å². The third kappa shape index (κ3) is 3.76. The van der Waals surface area contributed by atoms with Crippen molar-refractivity contribution < 1.29 is 14.3 Å². The van der Waals surface area contributed by atoms with Crippen LogP contribution in [0.4, 0.5) is 0 Å². The van der Waals surface area contributed by atoms with Crippen LogP contribution in [-0.4, -0.2) is 18.3 Å². The minimum atomic E-state index is -0.629. The van der Waals surface area contributed by atoms with Crippen LogP contribution in [0.3, 0.4) is 0 Å². The van der Waals surface area contributed by atoms with Gasteiger partial charge in [0.05, 0.1) is 13.5 Å². The average Bonchev–Trinajstić information content (AvgIpc) is 1.82.